The van der Waals surface area contributed by atoms with Crippen molar-refractivity contribution in [1.82, 2.24) is 10.3 Å². The molecule has 102 valence electrons. The third-order valence-corrected chi connectivity index (χ3v) is 3.55. The topological polar surface area (TPSA) is 79.3 Å². The minimum absolute atomic E-state index is 0.212. The van der Waals surface area contributed by atoms with E-state index in [0.717, 1.165) is 0 Å². The molecule has 0 aliphatic rings. The minimum Gasteiger partial charge on any atom is -0.384 e. The van der Waals surface area contributed by atoms with Gasteiger partial charge in [0, 0.05) is 40.6 Å². The summed E-state index contributed by atoms with van der Waals surface area (Å²) in [5.41, 5.74) is 0.925. The zero-order valence-corrected chi connectivity index (χ0v) is 11.5. The molecule has 5 nitrogen and oxygen atoms in total. The van der Waals surface area contributed by atoms with Crippen LogP contribution in [-0.4, -0.2) is 44.9 Å². The molecule has 2 N–H and O–H groups in total. The van der Waals surface area contributed by atoms with Crippen molar-refractivity contribution < 1.29 is 14.1 Å². The third-order valence-electron chi connectivity index (χ3n) is 2.25. The Morgan fingerprint density at radius 3 is 2.89 bits per heavy atom. The molecule has 1 atom stereocenters. The molecule has 1 rings (SSSR count). The van der Waals surface area contributed by atoms with Gasteiger partial charge in [0.05, 0.1) is 0 Å². The van der Waals surface area contributed by atoms with E-state index in [0.29, 0.717) is 23.6 Å². The van der Waals surface area contributed by atoms with Crippen LogP contribution in [0.4, 0.5) is 0 Å². The Hall–Kier alpha value is -1.71. The summed E-state index contributed by atoms with van der Waals surface area (Å²) < 4.78 is 11.2. The van der Waals surface area contributed by atoms with Gasteiger partial charge in [0.15, 0.2) is 0 Å². The SMILES string of the molecule is CCS(=O)CCNC(=O)c1ccc(C#CCO)cn1. The summed E-state index contributed by atoms with van der Waals surface area (Å²) in [6.07, 6.45) is 1.47. The van der Waals surface area contributed by atoms with Gasteiger partial charge in [0.1, 0.15) is 12.3 Å². The second-order valence-electron chi connectivity index (χ2n) is 3.58. The van der Waals surface area contributed by atoms with Crippen molar-refractivity contribution in [3.05, 3.63) is 29.6 Å². The first-order chi connectivity index (χ1) is 9.17. The lowest BCUT2D eigenvalue weighted by Crippen LogP contribution is -2.28. The fourth-order valence-corrected chi connectivity index (χ4v) is 1.88. The van der Waals surface area contributed by atoms with E-state index in [2.05, 4.69) is 22.1 Å². The fourth-order valence-electron chi connectivity index (χ4n) is 1.26. The van der Waals surface area contributed by atoms with Crippen LogP contribution in [0.3, 0.4) is 0 Å². The highest BCUT2D eigenvalue weighted by Gasteiger charge is 2.06. The Bertz CT molecular complexity index is 503. The number of nitrogens with one attached hydrogen (secondary N) is 1. The van der Waals surface area contributed by atoms with Crippen molar-refractivity contribution in [2.75, 3.05) is 24.7 Å². The number of carbonyl (C=O) groups is 1. The lowest BCUT2D eigenvalue weighted by Gasteiger charge is -2.03. The van der Waals surface area contributed by atoms with E-state index in [4.69, 9.17) is 5.11 Å². The van der Waals surface area contributed by atoms with E-state index >= 15 is 0 Å². The van der Waals surface area contributed by atoms with Crippen LogP contribution in [-0.2, 0) is 10.8 Å². The zero-order chi connectivity index (χ0) is 14.1. The number of rotatable bonds is 5. The van der Waals surface area contributed by atoms with Gasteiger partial charge in [-0.1, -0.05) is 18.8 Å². The van der Waals surface area contributed by atoms with Gasteiger partial charge in [0.25, 0.3) is 5.91 Å². The van der Waals surface area contributed by atoms with Gasteiger partial charge < -0.3 is 10.4 Å². The van der Waals surface area contributed by atoms with Gasteiger partial charge in [-0.25, -0.2) is 4.98 Å². The second-order valence-corrected chi connectivity index (χ2v) is 5.45. The van der Waals surface area contributed by atoms with E-state index in [1.54, 1.807) is 12.1 Å². The number of amides is 1. The van der Waals surface area contributed by atoms with E-state index in [1.165, 1.54) is 6.20 Å². The molecule has 0 saturated heterocycles. The maximum atomic E-state index is 11.7. The summed E-state index contributed by atoms with van der Waals surface area (Å²) in [5.74, 6) is 5.93. The lowest BCUT2D eigenvalue weighted by molar-refractivity contribution is 0.0951. The molecule has 0 bridgehead atoms. The molecule has 1 heterocycles. The van der Waals surface area contributed by atoms with Crippen molar-refractivity contribution in [3.8, 4) is 11.8 Å². The lowest BCUT2D eigenvalue weighted by atomic mass is 10.2. The average Bonchev–Trinajstić information content (AvgIpc) is 2.45. The second kappa shape index (κ2) is 8.40. The molecule has 1 aromatic heterocycles. The molecule has 0 saturated carbocycles. The molecule has 0 aliphatic carbocycles. The van der Waals surface area contributed by atoms with Crippen LogP contribution < -0.4 is 5.32 Å². The molecule has 0 radical (unpaired) electrons. The molecule has 1 amide bonds. The van der Waals surface area contributed by atoms with Crippen LogP contribution in [0.2, 0.25) is 0 Å². The van der Waals surface area contributed by atoms with Crippen molar-refractivity contribution in [3.63, 3.8) is 0 Å². The van der Waals surface area contributed by atoms with Crippen LogP contribution in [0.15, 0.2) is 18.3 Å². The summed E-state index contributed by atoms with van der Waals surface area (Å²) in [4.78, 5) is 15.7. The monoisotopic (exact) mass is 280 g/mol. The van der Waals surface area contributed by atoms with E-state index in [1.807, 2.05) is 6.92 Å². The first-order valence-electron chi connectivity index (χ1n) is 5.86. The number of aliphatic hydroxyl groups excluding tert-OH is 1. The van der Waals surface area contributed by atoms with Gasteiger partial charge in [-0.2, -0.15) is 0 Å². The number of nitrogens with zero attached hydrogens (tertiary/aromatic N) is 1. The summed E-state index contributed by atoms with van der Waals surface area (Å²) >= 11 is 0. The molecular weight excluding hydrogens is 264 g/mol. The van der Waals surface area contributed by atoms with Crippen LogP contribution in [0, 0.1) is 11.8 Å². The predicted octanol–water partition coefficient (Wildman–Crippen LogP) is -0.0762. The molecule has 0 spiro atoms. The number of pyridine rings is 1. The first kappa shape index (κ1) is 15.3. The largest absolute Gasteiger partial charge is 0.384 e. The Labute approximate surface area is 114 Å². The summed E-state index contributed by atoms with van der Waals surface area (Å²) in [6, 6.07) is 3.22. The summed E-state index contributed by atoms with van der Waals surface area (Å²) in [6.45, 7) is 2.00. The molecule has 1 unspecified atom stereocenters. The quantitative estimate of drug-likeness (QED) is 0.740. The van der Waals surface area contributed by atoms with Crippen LogP contribution in [0.5, 0.6) is 0 Å². The van der Waals surface area contributed by atoms with Gasteiger partial charge in [0.2, 0.25) is 0 Å². The van der Waals surface area contributed by atoms with Gasteiger partial charge >= 0.3 is 0 Å². The number of aromatic nitrogens is 1. The first-order valence-corrected chi connectivity index (χ1v) is 7.35. The molecule has 0 fully saturated rings. The molecule has 6 heteroatoms. The zero-order valence-electron chi connectivity index (χ0n) is 10.7. The number of hydrogen-bond acceptors (Lipinski definition) is 4. The number of hydrogen-bond donors (Lipinski definition) is 2. The van der Waals surface area contributed by atoms with Gasteiger partial charge in [-0.05, 0) is 12.1 Å². The summed E-state index contributed by atoms with van der Waals surface area (Å²) in [5, 5.41) is 11.2. The average molecular weight is 280 g/mol. The predicted molar refractivity (Wildman–Crippen MR) is 74.1 cm³/mol. The highest BCUT2D eigenvalue weighted by molar-refractivity contribution is 7.84. The molecule has 19 heavy (non-hydrogen) atoms. The fraction of sp³-hybridized carbons (Fsp3) is 0.385. The van der Waals surface area contributed by atoms with Gasteiger partial charge in [-0.3, -0.25) is 9.00 Å². The Morgan fingerprint density at radius 1 is 1.53 bits per heavy atom. The highest BCUT2D eigenvalue weighted by Crippen LogP contribution is 1.98. The number of carbonyl (C=O) groups excluding carboxylic acids is 1. The smallest absolute Gasteiger partial charge is 0.269 e. The Morgan fingerprint density at radius 2 is 2.32 bits per heavy atom. The van der Waals surface area contributed by atoms with E-state index in [9.17, 15) is 9.00 Å². The van der Waals surface area contributed by atoms with Crippen LogP contribution in [0.25, 0.3) is 0 Å². The van der Waals surface area contributed by atoms with Gasteiger partial charge in [-0.15, -0.1) is 0 Å². The standard InChI is InChI=1S/C13H16N2O3S/c1-2-19(18)9-7-14-13(17)12-6-5-11(10-15-12)4-3-8-16/h5-6,10,16H,2,7-9H2,1H3,(H,14,17). The molecule has 0 aliphatic heterocycles. The Balaban J connectivity index is 2.51. The highest BCUT2D eigenvalue weighted by atomic mass is 32.2. The van der Waals surface area contributed by atoms with E-state index in [-0.39, 0.29) is 18.2 Å². The summed E-state index contributed by atoms with van der Waals surface area (Å²) in [7, 11) is -0.884. The maximum Gasteiger partial charge on any atom is 0.269 e. The minimum atomic E-state index is -0.884. The van der Waals surface area contributed by atoms with E-state index < -0.39 is 10.8 Å². The normalized spacial score (nSPS) is 11.3. The van der Waals surface area contributed by atoms with Crippen molar-refractivity contribution in [1.29, 1.82) is 0 Å². The van der Waals surface area contributed by atoms with Crippen LogP contribution >= 0.6 is 0 Å². The van der Waals surface area contributed by atoms with Crippen molar-refractivity contribution in [2.45, 2.75) is 6.92 Å². The maximum absolute atomic E-state index is 11.7. The van der Waals surface area contributed by atoms with Crippen molar-refractivity contribution >= 4 is 16.7 Å². The third kappa shape index (κ3) is 5.64. The molecule has 1 aromatic rings. The Kier molecular flexibility index (Phi) is 6.79. The number of aliphatic hydroxyl groups is 1. The van der Waals surface area contributed by atoms with Crippen molar-refractivity contribution in [2.24, 2.45) is 0 Å². The van der Waals surface area contributed by atoms with Crippen LogP contribution in [0.1, 0.15) is 23.0 Å². The molecular formula is C13H16N2O3S. The molecule has 0 aromatic carbocycles.